The van der Waals surface area contributed by atoms with Gasteiger partial charge in [0, 0.05) is 0 Å². The third-order valence-electron chi connectivity index (χ3n) is 2.52. The summed E-state index contributed by atoms with van der Waals surface area (Å²) in [6.07, 6.45) is 3.66. The SMILES string of the molecule is NC(Cc1ccccc1)C(=O)Cc1ncco1. The number of Topliss-reactive ketones (excluding diaryl/α,β-unsaturated/α-hetero) is 1. The molecule has 1 heterocycles. The van der Waals surface area contributed by atoms with Gasteiger partial charge in [0.2, 0.25) is 5.89 Å². The molecule has 0 aliphatic heterocycles. The third kappa shape index (κ3) is 3.26. The fourth-order valence-corrected chi connectivity index (χ4v) is 1.60. The summed E-state index contributed by atoms with van der Waals surface area (Å²) < 4.78 is 5.02. The van der Waals surface area contributed by atoms with Crippen molar-refractivity contribution in [3.63, 3.8) is 0 Å². The topological polar surface area (TPSA) is 69.1 Å². The lowest BCUT2D eigenvalue weighted by molar-refractivity contribution is -0.119. The molecule has 0 bridgehead atoms. The number of hydrogen-bond acceptors (Lipinski definition) is 4. The second-order valence-electron chi connectivity index (χ2n) is 3.87. The number of oxazole rings is 1. The average Bonchev–Trinajstić information content (AvgIpc) is 2.83. The molecule has 0 radical (unpaired) electrons. The maximum atomic E-state index is 11.8. The number of rotatable bonds is 5. The quantitative estimate of drug-likeness (QED) is 0.842. The van der Waals surface area contributed by atoms with Crippen LogP contribution in [0.25, 0.3) is 0 Å². The highest BCUT2D eigenvalue weighted by Crippen LogP contribution is 2.05. The van der Waals surface area contributed by atoms with Crippen molar-refractivity contribution in [3.05, 3.63) is 54.2 Å². The van der Waals surface area contributed by atoms with Crippen molar-refractivity contribution >= 4 is 5.78 Å². The van der Waals surface area contributed by atoms with Crippen molar-refractivity contribution in [2.24, 2.45) is 5.73 Å². The van der Waals surface area contributed by atoms with Crippen LogP contribution in [0, 0.1) is 0 Å². The number of aromatic nitrogens is 1. The van der Waals surface area contributed by atoms with Crippen molar-refractivity contribution in [1.82, 2.24) is 4.98 Å². The molecule has 88 valence electrons. The minimum absolute atomic E-state index is 0.0590. The molecule has 4 nitrogen and oxygen atoms in total. The monoisotopic (exact) mass is 230 g/mol. The van der Waals surface area contributed by atoms with E-state index in [0.29, 0.717) is 12.3 Å². The van der Waals surface area contributed by atoms with E-state index in [1.54, 1.807) is 0 Å². The standard InChI is InChI=1S/C13H14N2O2/c14-11(8-10-4-2-1-3-5-10)12(16)9-13-15-6-7-17-13/h1-7,11H,8-9,14H2. The van der Waals surface area contributed by atoms with Crippen LogP contribution in [0.15, 0.2) is 47.2 Å². The van der Waals surface area contributed by atoms with Gasteiger partial charge in [-0.3, -0.25) is 4.79 Å². The van der Waals surface area contributed by atoms with Crippen molar-refractivity contribution in [1.29, 1.82) is 0 Å². The number of benzene rings is 1. The van der Waals surface area contributed by atoms with Gasteiger partial charge in [-0.15, -0.1) is 0 Å². The summed E-state index contributed by atoms with van der Waals surface area (Å²) in [5, 5.41) is 0. The maximum absolute atomic E-state index is 11.8. The van der Waals surface area contributed by atoms with E-state index in [4.69, 9.17) is 10.2 Å². The van der Waals surface area contributed by atoms with Crippen molar-refractivity contribution < 1.29 is 9.21 Å². The Hall–Kier alpha value is -1.94. The molecule has 1 aromatic heterocycles. The van der Waals surface area contributed by atoms with Gasteiger partial charge in [-0.2, -0.15) is 0 Å². The summed E-state index contributed by atoms with van der Waals surface area (Å²) in [5.41, 5.74) is 6.90. The van der Waals surface area contributed by atoms with Crippen LogP contribution in [0.4, 0.5) is 0 Å². The van der Waals surface area contributed by atoms with E-state index in [2.05, 4.69) is 4.98 Å². The van der Waals surface area contributed by atoms with Gasteiger partial charge in [0.1, 0.15) is 6.26 Å². The Labute approximate surface area is 99.5 Å². The zero-order valence-electron chi connectivity index (χ0n) is 9.37. The van der Waals surface area contributed by atoms with E-state index in [-0.39, 0.29) is 12.2 Å². The van der Waals surface area contributed by atoms with Gasteiger partial charge in [0.15, 0.2) is 5.78 Å². The average molecular weight is 230 g/mol. The lowest BCUT2D eigenvalue weighted by Gasteiger charge is -2.09. The van der Waals surface area contributed by atoms with Crippen molar-refractivity contribution in [2.75, 3.05) is 0 Å². The first-order valence-corrected chi connectivity index (χ1v) is 5.46. The van der Waals surface area contributed by atoms with Gasteiger partial charge in [-0.05, 0) is 12.0 Å². The molecule has 2 aromatic rings. The first-order valence-electron chi connectivity index (χ1n) is 5.46. The molecule has 1 aromatic carbocycles. The largest absolute Gasteiger partial charge is 0.449 e. The smallest absolute Gasteiger partial charge is 0.201 e. The van der Waals surface area contributed by atoms with E-state index in [1.165, 1.54) is 12.5 Å². The third-order valence-corrected chi connectivity index (χ3v) is 2.52. The molecule has 0 saturated heterocycles. The van der Waals surface area contributed by atoms with E-state index < -0.39 is 6.04 Å². The van der Waals surface area contributed by atoms with Crippen LogP contribution in [0.2, 0.25) is 0 Å². The minimum Gasteiger partial charge on any atom is -0.449 e. The van der Waals surface area contributed by atoms with E-state index >= 15 is 0 Å². The van der Waals surface area contributed by atoms with Crippen LogP contribution < -0.4 is 5.73 Å². The molecule has 0 amide bonds. The second-order valence-corrected chi connectivity index (χ2v) is 3.87. The van der Waals surface area contributed by atoms with Crippen molar-refractivity contribution in [3.8, 4) is 0 Å². The molecule has 1 unspecified atom stereocenters. The van der Waals surface area contributed by atoms with Gasteiger partial charge in [-0.25, -0.2) is 4.98 Å². The van der Waals surface area contributed by atoms with Crippen LogP contribution in [-0.4, -0.2) is 16.8 Å². The molecule has 0 fully saturated rings. The number of ketones is 1. The summed E-state index contributed by atoms with van der Waals surface area (Å²) in [6, 6.07) is 9.20. The molecule has 0 spiro atoms. The molecular formula is C13H14N2O2. The molecule has 0 saturated carbocycles. The predicted molar refractivity (Wildman–Crippen MR) is 63.3 cm³/mol. The highest BCUT2D eigenvalue weighted by molar-refractivity contribution is 5.85. The maximum Gasteiger partial charge on any atom is 0.201 e. The summed E-state index contributed by atoms with van der Waals surface area (Å²) in [5.74, 6) is 0.356. The fraction of sp³-hybridized carbons (Fsp3) is 0.231. The second kappa shape index (κ2) is 5.41. The molecular weight excluding hydrogens is 216 g/mol. The Morgan fingerprint density at radius 2 is 2.12 bits per heavy atom. The van der Waals surface area contributed by atoms with Gasteiger partial charge in [0.05, 0.1) is 18.7 Å². The number of hydrogen-bond donors (Lipinski definition) is 1. The summed E-state index contributed by atoms with van der Waals surface area (Å²) in [7, 11) is 0. The van der Waals surface area contributed by atoms with Gasteiger partial charge < -0.3 is 10.2 Å². The van der Waals surface area contributed by atoms with E-state index in [0.717, 1.165) is 5.56 Å². The number of nitrogens with zero attached hydrogens (tertiary/aromatic N) is 1. The number of nitrogens with two attached hydrogens (primary N) is 1. The van der Waals surface area contributed by atoms with Gasteiger partial charge in [0.25, 0.3) is 0 Å². The Morgan fingerprint density at radius 1 is 1.35 bits per heavy atom. The molecule has 0 aliphatic carbocycles. The zero-order valence-corrected chi connectivity index (χ0v) is 9.37. The molecule has 2 rings (SSSR count). The number of carbonyl (C=O) groups excluding carboxylic acids is 1. The van der Waals surface area contributed by atoms with Crippen LogP contribution >= 0.6 is 0 Å². The molecule has 4 heteroatoms. The molecule has 1 atom stereocenters. The normalized spacial score (nSPS) is 12.3. The summed E-state index contributed by atoms with van der Waals surface area (Å²) in [6.45, 7) is 0. The lowest BCUT2D eigenvalue weighted by Crippen LogP contribution is -2.34. The predicted octanol–water partition coefficient (Wildman–Crippen LogP) is 1.36. The van der Waals surface area contributed by atoms with Gasteiger partial charge in [-0.1, -0.05) is 30.3 Å². The number of carbonyl (C=O) groups is 1. The highest BCUT2D eigenvalue weighted by Gasteiger charge is 2.16. The van der Waals surface area contributed by atoms with Crippen LogP contribution in [-0.2, 0) is 17.6 Å². The Balaban J connectivity index is 1.92. The van der Waals surface area contributed by atoms with Crippen molar-refractivity contribution in [2.45, 2.75) is 18.9 Å². The van der Waals surface area contributed by atoms with E-state index in [9.17, 15) is 4.79 Å². The Morgan fingerprint density at radius 3 is 2.76 bits per heavy atom. The first-order chi connectivity index (χ1) is 8.25. The van der Waals surface area contributed by atoms with Crippen LogP contribution in [0.1, 0.15) is 11.5 Å². The summed E-state index contributed by atoms with van der Waals surface area (Å²) in [4.78, 5) is 15.7. The Bertz CT molecular complexity index is 465. The highest BCUT2D eigenvalue weighted by atomic mass is 16.3. The zero-order chi connectivity index (χ0) is 12.1. The fourth-order valence-electron chi connectivity index (χ4n) is 1.60. The van der Waals surface area contributed by atoms with Gasteiger partial charge >= 0.3 is 0 Å². The van der Waals surface area contributed by atoms with Crippen LogP contribution in [0.5, 0.6) is 0 Å². The Kier molecular flexibility index (Phi) is 3.67. The van der Waals surface area contributed by atoms with E-state index in [1.807, 2.05) is 30.3 Å². The lowest BCUT2D eigenvalue weighted by atomic mass is 10.0. The molecule has 17 heavy (non-hydrogen) atoms. The summed E-state index contributed by atoms with van der Waals surface area (Å²) >= 11 is 0. The minimum atomic E-state index is -0.510. The molecule has 2 N–H and O–H groups in total. The first kappa shape index (κ1) is 11.5. The molecule has 0 aliphatic rings. The van der Waals surface area contributed by atoms with Crippen LogP contribution in [0.3, 0.4) is 0 Å².